The summed E-state index contributed by atoms with van der Waals surface area (Å²) in [6.07, 6.45) is -3.09. The third-order valence-corrected chi connectivity index (χ3v) is 2.94. The Morgan fingerprint density at radius 1 is 1.22 bits per heavy atom. The highest BCUT2D eigenvalue weighted by atomic mass is 19.4. The molecule has 102 valence electrons. The third kappa shape index (κ3) is 3.99. The van der Waals surface area contributed by atoms with Crippen LogP contribution in [0.25, 0.3) is 0 Å². The van der Waals surface area contributed by atoms with E-state index in [9.17, 15) is 13.2 Å². The van der Waals surface area contributed by atoms with E-state index in [2.05, 4.69) is 0 Å². The Hall–Kier alpha value is -1.07. The summed E-state index contributed by atoms with van der Waals surface area (Å²) in [5.74, 6) is 0. The Balaban J connectivity index is 2.69. The molecule has 2 unspecified atom stereocenters. The van der Waals surface area contributed by atoms with Gasteiger partial charge in [-0.25, -0.2) is 0 Å². The molecule has 0 aromatic heterocycles. The normalized spacial score (nSPS) is 15.4. The maximum Gasteiger partial charge on any atom is 0.416 e. The lowest BCUT2D eigenvalue weighted by Crippen LogP contribution is -2.37. The summed E-state index contributed by atoms with van der Waals surface area (Å²) in [6, 6.07) is 4.87. The van der Waals surface area contributed by atoms with Crippen LogP contribution < -0.4 is 5.73 Å². The van der Waals surface area contributed by atoms with Gasteiger partial charge in [-0.05, 0) is 30.5 Å². The molecule has 0 fully saturated rings. The monoisotopic (exact) mass is 261 g/mol. The molecule has 2 N–H and O–H groups in total. The third-order valence-electron chi connectivity index (χ3n) is 2.94. The van der Waals surface area contributed by atoms with Crippen LogP contribution in [0.5, 0.6) is 0 Å². The lowest BCUT2D eigenvalue weighted by atomic mass is 9.99. The standard InChI is InChI=1S/C13H18F3NO/c1-3-12(18-2)11(17)8-9-4-6-10(7-5-9)13(14,15)16/h4-7,11-12H,3,8,17H2,1-2H3. The fourth-order valence-electron chi connectivity index (χ4n) is 1.88. The zero-order valence-electron chi connectivity index (χ0n) is 10.5. The maximum atomic E-state index is 12.4. The van der Waals surface area contributed by atoms with Crippen molar-refractivity contribution in [3.05, 3.63) is 35.4 Å². The van der Waals surface area contributed by atoms with Crippen LogP contribution in [0.1, 0.15) is 24.5 Å². The molecule has 0 saturated carbocycles. The second-order valence-corrected chi connectivity index (χ2v) is 4.25. The zero-order valence-corrected chi connectivity index (χ0v) is 10.5. The van der Waals surface area contributed by atoms with E-state index in [0.717, 1.165) is 24.1 Å². The molecule has 1 aromatic rings. The van der Waals surface area contributed by atoms with Gasteiger partial charge in [0.15, 0.2) is 0 Å². The molecule has 2 atom stereocenters. The van der Waals surface area contributed by atoms with Crippen molar-refractivity contribution in [3.8, 4) is 0 Å². The summed E-state index contributed by atoms with van der Waals surface area (Å²) < 4.78 is 42.3. The first-order chi connectivity index (χ1) is 8.38. The van der Waals surface area contributed by atoms with Crippen molar-refractivity contribution in [2.75, 3.05) is 7.11 Å². The van der Waals surface area contributed by atoms with Gasteiger partial charge in [0.1, 0.15) is 0 Å². The van der Waals surface area contributed by atoms with E-state index in [1.54, 1.807) is 7.11 Å². The lowest BCUT2D eigenvalue weighted by Gasteiger charge is -2.21. The van der Waals surface area contributed by atoms with Gasteiger partial charge >= 0.3 is 6.18 Å². The lowest BCUT2D eigenvalue weighted by molar-refractivity contribution is -0.137. The Kier molecular flexibility index (Phi) is 5.16. The number of benzene rings is 1. The van der Waals surface area contributed by atoms with Crippen LogP contribution in [-0.2, 0) is 17.3 Å². The number of halogens is 3. The van der Waals surface area contributed by atoms with Gasteiger partial charge in [0, 0.05) is 13.2 Å². The van der Waals surface area contributed by atoms with E-state index < -0.39 is 11.7 Å². The molecule has 0 aliphatic heterocycles. The molecular formula is C13H18F3NO. The molecule has 0 saturated heterocycles. The SMILES string of the molecule is CCC(OC)C(N)Cc1ccc(C(F)(F)F)cc1. The van der Waals surface area contributed by atoms with Crippen molar-refractivity contribution in [3.63, 3.8) is 0 Å². The van der Waals surface area contributed by atoms with E-state index in [-0.39, 0.29) is 12.1 Å². The average molecular weight is 261 g/mol. The molecule has 0 heterocycles. The van der Waals surface area contributed by atoms with Crippen molar-refractivity contribution in [1.29, 1.82) is 0 Å². The second kappa shape index (κ2) is 6.20. The summed E-state index contributed by atoms with van der Waals surface area (Å²) in [5.41, 5.74) is 6.09. The summed E-state index contributed by atoms with van der Waals surface area (Å²) in [6.45, 7) is 1.96. The van der Waals surface area contributed by atoms with E-state index in [1.165, 1.54) is 12.1 Å². The molecule has 0 amide bonds. The molecule has 0 spiro atoms. The summed E-state index contributed by atoms with van der Waals surface area (Å²) in [5, 5.41) is 0. The van der Waals surface area contributed by atoms with Crippen LogP contribution in [0.2, 0.25) is 0 Å². The number of rotatable bonds is 5. The fraction of sp³-hybridized carbons (Fsp3) is 0.538. The highest BCUT2D eigenvalue weighted by Gasteiger charge is 2.30. The number of methoxy groups -OCH3 is 1. The van der Waals surface area contributed by atoms with Gasteiger partial charge in [0.25, 0.3) is 0 Å². The van der Waals surface area contributed by atoms with Crippen LogP contribution in [0, 0.1) is 0 Å². The van der Waals surface area contributed by atoms with Crippen LogP contribution in [-0.4, -0.2) is 19.3 Å². The largest absolute Gasteiger partial charge is 0.416 e. The van der Waals surface area contributed by atoms with Gasteiger partial charge in [0.2, 0.25) is 0 Å². The average Bonchev–Trinajstić information content (AvgIpc) is 2.30. The number of hydrogen-bond acceptors (Lipinski definition) is 2. The second-order valence-electron chi connectivity index (χ2n) is 4.25. The molecule has 0 radical (unpaired) electrons. The van der Waals surface area contributed by atoms with Crippen LogP contribution in [0.15, 0.2) is 24.3 Å². The number of alkyl halides is 3. The molecule has 18 heavy (non-hydrogen) atoms. The Morgan fingerprint density at radius 3 is 2.17 bits per heavy atom. The van der Waals surface area contributed by atoms with Crippen molar-refractivity contribution < 1.29 is 17.9 Å². The quantitative estimate of drug-likeness (QED) is 0.884. The Labute approximate surface area is 105 Å². The van der Waals surface area contributed by atoms with E-state index in [0.29, 0.717) is 6.42 Å². The predicted octanol–water partition coefficient (Wildman–Crippen LogP) is 3.00. The van der Waals surface area contributed by atoms with Crippen molar-refractivity contribution >= 4 is 0 Å². The maximum absolute atomic E-state index is 12.4. The predicted molar refractivity (Wildman–Crippen MR) is 64.2 cm³/mol. The molecular weight excluding hydrogens is 243 g/mol. The summed E-state index contributed by atoms with van der Waals surface area (Å²) in [4.78, 5) is 0. The Morgan fingerprint density at radius 2 is 1.78 bits per heavy atom. The van der Waals surface area contributed by atoms with Crippen molar-refractivity contribution in [2.24, 2.45) is 5.73 Å². The van der Waals surface area contributed by atoms with Crippen molar-refractivity contribution in [1.82, 2.24) is 0 Å². The smallest absolute Gasteiger partial charge is 0.380 e. The van der Waals surface area contributed by atoms with Gasteiger partial charge in [-0.3, -0.25) is 0 Å². The van der Waals surface area contributed by atoms with Gasteiger partial charge in [-0.2, -0.15) is 13.2 Å². The van der Waals surface area contributed by atoms with Crippen LogP contribution in [0.4, 0.5) is 13.2 Å². The number of ether oxygens (including phenoxy) is 1. The molecule has 0 aliphatic carbocycles. The van der Waals surface area contributed by atoms with Gasteiger partial charge in [-0.1, -0.05) is 19.1 Å². The van der Waals surface area contributed by atoms with Gasteiger partial charge in [-0.15, -0.1) is 0 Å². The van der Waals surface area contributed by atoms with Crippen LogP contribution in [0.3, 0.4) is 0 Å². The highest BCUT2D eigenvalue weighted by molar-refractivity contribution is 5.25. The first kappa shape index (κ1) is 15.0. The minimum absolute atomic E-state index is 0.0766. The minimum atomic E-state index is -4.29. The molecule has 1 rings (SSSR count). The topological polar surface area (TPSA) is 35.2 Å². The van der Waals surface area contributed by atoms with E-state index in [1.807, 2.05) is 6.92 Å². The minimum Gasteiger partial charge on any atom is -0.380 e. The first-order valence-corrected chi connectivity index (χ1v) is 5.83. The summed E-state index contributed by atoms with van der Waals surface area (Å²) >= 11 is 0. The molecule has 0 aliphatic rings. The van der Waals surface area contributed by atoms with Gasteiger partial charge in [0.05, 0.1) is 11.7 Å². The number of hydrogen-bond donors (Lipinski definition) is 1. The molecule has 5 heteroatoms. The molecule has 2 nitrogen and oxygen atoms in total. The fourth-order valence-corrected chi connectivity index (χ4v) is 1.88. The van der Waals surface area contributed by atoms with Gasteiger partial charge < -0.3 is 10.5 Å². The Bertz CT molecular complexity index is 357. The van der Waals surface area contributed by atoms with E-state index in [4.69, 9.17) is 10.5 Å². The van der Waals surface area contributed by atoms with Crippen LogP contribution >= 0.6 is 0 Å². The summed E-state index contributed by atoms with van der Waals surface area (Å²) in [7, 11) is 1.58. The first-order valence-electron chi connectivity index (χ1n) is 5.83. The molecule has 0 bridgehead atoms. The number of nitrogens with two attached hydrogens (primary N) is 1. The molecule has 1 aromatic carbocycles. The zero-order chi connectivity index (χ0) is 13.8. The van der Waals surface area contributed by atoms with E-state index >= 15 is 0 Å². The van der Waals surface area contributed by atoms with Crippen molar-refractivity contribution in [2.45, 2.75) is 38.1 Å². The highest BCUT2D eigenvalue weighted by Crippen LogP contribution is 2.29.